The highest BCUT2D eigenvalue weighted by atomic mass is 32.1. The Labute approximate surface area is 120 Å². The van der Waals surface area contributed by atoms with Gasteiger partial charge in [-0.2, -0.15) is 0 Å². The lowest BCUT2D eigenvalue weighted by Gasteiger charge is -2.29. The van der Waals surface area contributed by atoms with E-state index in [4.69, 9.17) is 4.98 Å². The van der Waals surface area contributed by atoms with Gasteiger partial charge in [0.1, 0.15) is 5.82 Å². The van der Waals surface area contributed by atoms with Crippen molar-refractivity contribution in [3.8, 4) is 0 Å². The van der Waals surface area contributed by atoms with E-state index in [0.29, 0.717) is 0 Å². The molecule has 1 heterocycles. The van der Waals surface area contributed by atoms with Gasteiger partial charge in [0, 0.05) is 16.9 Å². The molecule has 0 bridgehead atoms. The van der Waals surface area contributed by atoms with Gasteiger partial charge in [-0.3, -0.25) is 0 Å². The van der Waals surface area contributed by atoms with E-state index in [1.165, 1.54) is 30.6 Å². The second kappa shape index (κ2) is 4.55. The summed E-state index contributed by atoms with van der Waals surface area (Å²) in [7, 11) is 0. The van der Waals surface area contributed by atoms with Crippen LogP contribution in [-0.4, -0.2) is 9.55 Å². The van der Waals surface area contributed by atoms with Gasteiger partial charge < -0.3 is 4.57 Å². The lowest BCUT2D eigenvalue weighted by molar-refractivity contribution is 0.272. The van der Waals surface area contributed by atoms with E-state index in [1.54, 1.807) is 0 Å². The third-order valence-electron chi connectivity index (χ3n) is 4.07. The van der Waals surface area contributed by atoms with Crippen LogP contribution >= 0.6 is 12.6 Å². The molecule has 0 spiro atoms. The van der Waals surface area contributed by atoms with E-state index >= 15 is 0 Å². The molecule has 1 fully saturated rings. The Bertz CT molecular complexity index is 603. The number of rotatable bonds is 2. The second-order valence-corrected chi connectivity index (χ2v) is 7.28. The average Bonchev–Trinajstić information content (AvgIpc) is 2.61. The van der Waals surface area contributed by atoms with Crippen LogP contribution in [0.2, 0.25) is 0 Å². The zero-order chi connectivity index (χ0) is 13.6. The summed E-state index contributed by atoms with van der Waals surface area (Å²) >= 11 is 4.43. The number of hydrogen-bond donors (Lipinski definition) is 1. The molecule has 2 nitrogen and oxygen atoms in total. The van der Waals surface area contributed by atoms with Crippen LogP contribution in [0.25, 0.3) is 11.0 Å². The van der Waals surface area contributed by atoms with Gasteiger partial charge in [-0.05, 0) is 37.0 Å². The van der Waals surface area contributed by atoms with Crippen LogP contribution in [0.4, 0.5) is 0 Å². The molecular formula is C16H22N2S. The molecule has 0 amide bonds. The Kier molecular flexibility index (Phi) is 3.12. The van der Waals surface area contributed by atoms with Crippen LogP contribution in [0.1, 0.15) is 45.9 Å². The highest BCUT2D eigenvalue weighted by molar-refractivity contribution is 7.80. The SMILES string of the molecule is CC(C)(C)c1nc2cc(S)ccc2n1CC1CCC1. The van der Waals surface area contributed by atoms with Crippen molar-refractivity contribution in [1.29, 1.82) is 0 Å². The van der Waals surface area contributed by atoms with Crippen molar-refractivity contribution in [2.24, 2.45) is 5.92 Å². The lowest BCUT2D eigenvalue weighted by atomic mass is 9.85. The van der Waals surface area contributed by atoms with Crippen molar-refractivity contribution in [2.45, 2.75) is 56.9 Å². The van der Waals surface area contributed by atoms with Gasteiger partial charge in [-0.1, -0.05) is 27.2 Å². The monoisotopic (exact) mass is 274 g/mol. The Morgan fingerprint density at radius 2 is 2.05 bits per heavy atom. The highest BCUT2D eigenvalue weighted by Gasteiger charge is 2.26. The molecule has 1 saturated carbocycles. The minimum absolute atomic E-state index is 0.0829. The minimum atomic E-state index is 0.0829. The number of thiol groups is 1. The van der Waals surface area contributed by atoms with Crippen LogP contribution in [0.15, 0.2) is 23.1 Å². The Morgan fingerprint density at radius 3 is 2.63 bits per heavy atom. The average molecular weight is 274 g/mol. The van der Waals surface area contributed by atoms with Crippen LogP contribution in [0.3, 0.4) is 0 Å². The Balaban J connectivity index is 2.13. The molecule has 1 aliphatic rings. The Hall–Kier alpha value is -0.960. The summed E-state index contributed by atoms with van der Waals surface area (Å²) < 4.78 is 2.44. The molecule has 19 heavy (non-hydrogen) atoms. The number of nitrogens with zero attached hydrogens (tertiary/aromatic N) is 2. The molecule has 0 radical (unpaired) electrons. The van der Waals surface area contributed by atoms with Gasteiger partial charge in [-0.25, -0.2) is 4.98 Å². The number of benzene rings is 1. The third kappa shape index (κ3) is 2.40. The predicted octanol–water partition coefficient (Wildman–Crippen LogP) is 4.42. The summed E-state index contributed by atoms with van der Waals surface area (Å²) in [6, 6.07) is 6.31. The summed E-state index contributed by atoms with van der Waals surface area (Å²) in [5, 5.41) is 0. The normalized spacial score (nSPS) is 16.8. The molecular weight excluding hydrogens is 252 g/mol. The van der Waals surface area contributed by atoms with E-state index in [0.717, 1.165) is 22.9 Å². The largest absolute Gasteiger partial charge is 0.327 e. The van der Waals surface area contributed by atoms with E-state index in [-0.39, 0.29) is 5.41 Å². The van der Waals surface area contributed by atoms with Gasteiger partial charge in [0.15, 0.2) is 0 Å². The van der Waals surface area contributed by atoms with E-state index in [1.807, 2.05) is 0 Å². The number of hydrogen-bond acceptors (Lipinski definition) is 2. The second-order valence-electron chi connectivity index (χ2n) is 6.77. The van der Waals surface area contributed by atoms with E-state index < -0.39 is 0 Å². The molecule has 1 aromatic heterocycles. The molecule has 1 aliphatic carbocycles. The summed E-state index contributed by atoms with van der Waals surface area (Å²) in [5.74, 6) is 2.04. The molecule has 0 unspecified atom stereocenters. The van der Waals surface area contributed by atoms with Gasteiger partial charge in [0.05, 0.1) is 11.0 Å². The molecule has 0 aliphatic heterocycles. The first kappa shape index (κ1) is 13.0. The number of aromatic nitrogens is 2. The molecule has 102 valence electrons. The molecule has 0 atom stereocenters. The number of imidazole rings is 1. The van der Waals surface area contributed by atoms with Crippen molar-refractivity contribution in [3.63, 3.8) is 0 Å². The predicted molar refractivity (Wildman–Crippen MR) is 83.0 cm³/mol. The first-order valence-electron chi connectivity index (χ1n) is 7.15. The topological polar surface area (TPSA) is 17.8 Å². The lowest BCUT2D eigenvalue weighted by Crippen LogP contribution is -2.24. The van der Waals surface area contributed by atoms with Crippen molar-refractivity contribution in [3.05, 3.63) is 24.0 Å². The molecule has 3 rings (SSSR count). The van der Waals surface area contributed by atoms with Crippen molar-refractivity contribution in [2.75, 3.05) is 0 Å². The van der Waals surface area contributed by atoms with Crippen LogP contribution < -0.4 is 0 Å². The van der Waals surface area contributed by atoms with Gasteiger partial charge in [0.2, 0.25) is 0 Å². The molecule has 3 heteroatoms. The van der Waals surface area contributed by atoms with Crippen molar-refractivity contribution in [1.82, 2.24) is 9.55 Å². The fourth-order valence-corrected chi connectivity index (χ4v) is 3.01. The maximum Gasteiger partial charge on any atom is 0.115 e. The Morgan fingerprint density at radius 1 is 1.32 bits per heavy atom. The van der Waals surface area contributed by atoms with Crippen LogP contribution in [0.5, 0.6) is 0 Å². The van der Waals surface area contributed by atoms with Crippen molar-refractivity contribution < 1.29 is 0 Å². The summed E-state index contributed by atoms with van der Waals surface area (Å²) in [6.07, 6.45) is 4.13. The summed E-state index contributed by atoms with van der Waals surface area (Å²) in [4.78, 5) is 5.86. The highest BCUT2D eigenvalue weighted by Crippen LogP contribution is 2.33. The van der Waals surface area contributed by atoms with E-state index in [2.05, 4.69) is 56.2 Å². The minimum Gasteiger partial charge on any atom is -0.327 e. The zero-order valence-electron chi connectivity index (χ0n) is 12.0. The fourth-order valence-electron chi connectivity index (χ4n) is 2.81. The molecule has 0 saturated heterocycles. The first-order valence-corrected chi connectivity index (χ1v) is 7.59. The molecule has 0 N–H and O–H groups in total. The van der Waals surface area contributed by atoms with Crippen molar-refractivity contribution >= 4 is 23.7 Å². The van der Waals surface area contributed by atoms with Crippen LogP contribution in [-0.2, 0) is 12.0 Å². The fraction of sp³-hybridized carbons (Fsp3) is 0.562. The standard InChI is InChI=1S/C16H22N2S/c1-16(2,3)15-17-13-9-12(19)7-8-14(13)18(15)10-11-5-4-6-11/h7-9,11,19H,4-6,10H2,1-3H3. The third-order valence-corrected chi connectivity index (χ3v) is 4.35. The molecule has 1 aromatic carbocycles. The maximum atomic E-state index is 4.87. The zero-order valence-corrected chi connectivity index (χ0v) is 12.9. The quantitative estimate of drug-likeness (QED) is 0.802. The summed E-state index contributed by atoms with van der Waals surface area (Å²) in [6.45, 7) is 7.85. The molecule has 2 aromatic rings. The van der Waals surface area contributed by atoms with Gasteiger partial charge in [-0.15, -0.1) is 12.6 Å². The van der Waals surface area contributed by atoms with Gasteiger partial charge >= 0.3 is 0 Å². The van der Waals surface area contributed by atoms with Crippen LogP contribution in [0, 0.1) is 5.92 Å². The van der Waals surface area contributed by atoms with E-state index in [9.17, 15) is 0 Å². The first-order chi connectivity index (χ1) is 8.95. The maximum absolute atomic E-state index is 4.87. The summed E-state index contributed by atoms with van der Waals surface area (Å²) in [5.41, 5.74) is 2.42. The van der Waals surface area contributed by atoms with Gasteiger partial charge in [0.25, 0.3) is 0 Å². The smallest absolute Gasteiger partial charge is 0.115 e. The number of fused-ring (bicyclic) bond motifs is 1.